The Bertz CT molecular complexity index is 1050. The maximum Gasteiger partial charge on any atom is 0.345 e. The molecule has 2 heterocycles. The number of carbonyl (C=O) groups is 2. The summed E-state index contributed by atoms with van der Waals surface area (Å²) in [7, 11) is 0. The summed E-state index contributed by atoms with van der Waals surface area (Å²) in [5.41, 5.74) is 3.15. The Morgan fingerprint density at radius 1 is 0.839 bits per heavy atom. The average Bonchev–Trinajstić information content (AvgIpc) is 2.76. The molecule has 0 saturated carbocycles. The summed E-state index contributed by atoms with van der Waals surface area (Å²) < 4.78 is 11.1. The molecule has 0 aliphatic carbocycles. The summed E-state index contributed by atoms with van der Waals surface area (Å²) in [6, 6.07) is 11.9. The molecule has 0 spiro atoms. The molecule has 0 bridgehead atoms. The summed E-state index contributed by atoms with van der Waals surface area (Å²) >= 11 is 0. The molecule has 0 saturated heterocycles. The van der Waals surface area contributed by atoms with Gasteiger partial charge in [-0.05, 0) is 75.3 Å². The molecule has 3 rings (SSSR count). The fourth-order valence-corrected chi connectivity index (χ4v) is 2.78. The van der Waals surface area contributed by atoms with Crippen molar-refractivity contribution in [3.05, 3.63) is 82.9 Å². The first-order valence-corrected chi connectivity index (χ1v) is 10.1. The third kappa shape index (κ3) is 6.20. The molecular weight excluding hydrogens is 394 g/mol. The van der Waals surface area contributed by atoms with Crippen molar-refractivity contribution in [2.45, 2.75) is 27.2 Å². The van der Waals surface area contributed by atoms with Crippen LogP contribution in [0, 0.1) is 13.8 Å². The van der Waals surface area contributed by atoms with Gasteiger partial charge in [-0.2, -0.15) is 0 Å². The van der Waals surface area contributed by atoms with Gasteiger partial charge in [-0.25, -0.2) is 9.59 Å². The van der Waals surface area contributed by atoms with Crippen molar-refractivity contribution in [1.82, 2.24) is 15.3 Å². The number of pyridine rings is 2. The fraction of sp³-hybridized carbons (Fsp3) is 0.250. The zero-order valence-corrected chi connectivity index (χ0v) is 17.8. The van der Waals surface area contributed by atoms with Crippen LogP contribution in [0.5, 0.6) is 11.5 Å². The summed E-state index contributed by atoms with van der Waals surface area (Å²) in [6.45, 7) is 7.34. The molecule has 2 aromatic heterocycles. The van der Waals surface area contributed by atoms with Crippen molar-refractivity contribution in [3.63, 3.8) is 0 Å². The highest BCUT2D eigenvalue weighted by Gasteiger charge is 2.17. The molecule has 0 unspecified atom stereocenters. The molecule has 1 aromatic carbocycles. The van der Waals surface area contributed by atoms with Crippen LogP contribution in [-0.4, -0.2) is 35.0 Å². The van der Waals surface area contributed by atoms with Gasteiger partial charge in [-0.15, -0.1) is 0 Å². The van der Waals surface area contributed by atoms with Crippen molar-refractivity contribution in [2.75, 3.05) is 13.1 Å². The zero-order chi connectivity index (χ0) is 22.2. The van der Waals surface area contributed by atoms with Gasteiger partial charge in [0.1, 0.15) is 0 Å². The zero-order valence-electron chi connectivity index (χ0n) is 17.8. The van der Waals surface area contributed by atoms with Gasteiger partial charge in [0.05, 0.1) is 11.1 Å². The summed E-state index contributed by atoms with van der Waals surface area (Å²) in [5.74, 6) is -0.827. The number of hydrogen-bond donors (Lipinski definition) is 1. The van der Waals surface area contributed by atoms with E-state index < -0.39 is 11.9 Å². The lowest BCUT2D eigenvalue weighted by Crippen LogP contribution is -2.16. The SMILES string of the molecule is CCNCCc1ccc(OC(=O)c2ccc(C)nc2)c(OC(=O)c2ccc(C)nc2)c1. The summed E-state index contributed by atoms with van der Waals surface area (Å²) in [6.07, 6.45) is 3.64. The minimum atomic E-state index is -0.581. The number of rotatable bonds is 8. The molecule has 1 N–H and O–H groups in total. The average molecular weight is 419 g/mol. The van der Waals surface area contributed by atoms with E-state index >= 15 is 0 Å². The van der Waals surface area contributed by atoms with Crippen LogP contribution in [0.1, 0.15) is 44.6 Å². The third-order valence-electron chi connectivity index (χ3n) is 4.55. The number of aryl methyl sites for hydroxylation is 2. The predicted octanol–water partition coefficient (Wildman–Crippen LogP) is 3.68. The number of nitrogens with one attached hydrogen (secondary N) is 1. The molecule has 7 nitrogen and oxygen atoms in total. The van der Waals surface area contributed by atoms with Crippen LogP contribution in [0.15, 0.2) is 54.9 Å². The Hall–Kier alpha value is -3.58. The van der Waals surface area contributed by atoms with Crippen LogP contribution in [0.25, 0.3) is 0 Å². The molecule has 0 amide bonds. The highest BCUT2D eigenvalue weighted by atomic mass is 16.6. The van der Waals surface area contributed by atoms with Crippen LogP contribution >= 0.6 is 0 Å². The van der Waals surface area contributed by atoms with Gasteiger partial charge in [0.25, 0.3) is 0 Å². The fourth-order valence-electron chi connectivity index (χ4n) is 2.78. The predicted molar refractivity (Wildman–Crippen MR) is 117 cm³/mol. The van der Waals surface area contributed by atoms with Crippen LogP contribution in [0.2, 0.25) is 0 Å². The van der Waals surface area contributed by atoms with Gasteiger partial charge in [0, 0.05) is 23.8 Å². The van der Waals surface area contributed by atoms with Gasteiger partial charge < -0.3 is 14.8 Å². The van der Waals surface area contributed by atoms with E-state index in [9.17, 15) is 9.59 Å². The Morgan fingerprint density at radius 2 is 1.42 bits per heavy atom. The van der Waals surface area contributed by atoms with E-state index in [0.717, 1.165) is 36.5 Å². The maximum absolute atomic E-state index is 12.6. The van der Waals surface area contributed by atoms with Gasteiger partial charge in [0.2, 0.25) is 0 Å². The topological polar surface area (TPSA) is 90.4 Å². The highest BCUT2D eigenvalue weighted by molar-refractivity contribution is 5.93. The monoisotopic (exact) mass is 419 g/mol. The van der Waals surface area contributed by atoms with Gasteiger partial charge >= 0.3 is 11.9 Å². The molecule has 7 heteroatoms. The van der Waals surface area contributed by atoms with E-state index in [1.54, 1.807) is 36.4 Å². The molecule has 0 radical (unpaired) electrons. The van der Waals surface area contributed by atoms with E-state index in [1.807, 2.05) is 26.8 Å². The molecule has 31 heavy (non-hydrogen) atoms. The Labute approximate surface area is 181 Å². The largest absolute Gasteiger partial charge is 0.419 e. The quantitative estimate of drug-likeness (QED) is 0.338. The molecule has 0 aliphatic heterocycles. The second-order valence-corrected chi connectivity index (χ2v) is 7.04. The van der Waals surface area contributed by atoms with E-state index in [-0.39, 0.29) is 11.5 Å². The number of hydrogen-bond acceptors (Lipinski definition) is 7. The van der Waals surface area contributed by atoms with Gasteiger partial charge in [-0.3, -0.25) is 9.97 Å². The first kappa shape index (κ1) is 22.1. The number of aromatic nitrogens is 2. The lowest BCUT2D eigenvalue weighted by atomic mass is 10.1. The van der Waals surface area contributed by atoms with E-state index in [4.69, 9.17) is 9.47 Å². The van der Waals surface area contributed by atoms with Crippen LogP contribution < -0.4 is 14.8 Å². The number of esters is 2. The molecule has 3 aromatic rings. The Balaban J connectivity index is 1.84. The summed E-state index contributed by atoms with van der Waals surface area (Å²) in [5, 5.41) is 3.25. The second kappa shape index (κ2) is 10.4. The first-order chi connectivity index (χ1) is 15.0. The van der Waals surface area contributed by atoms with Gasteiger partial charge in [-0.1, -0.05) is 13.0 Å². The Morgan fingerprint density at radius 3 is 1.94 bits per heavy atom. The maximum atomic E-state index is 12.6. The molecule has 0 aliphatic rings. The van der Waals surface area contributed by atoms with Crippen molar-refractivity contribution < 1.29 is 19.1 Å². The van der Waals surface area contributed by atoms with E-state index in [2.05, 4.69) is 15.3 Å². The number of ether oxygens (including phenoxy) is 2. The first-order valence-electron chi connectivity index (χ1n) is 10.1. The smallest absolute Gasteiger partial charge is 0.345 e. The van der Waals surface area contributed by atoms with Crippen molar-refractivity contribution in [1.29, 1.82) is 0 Å². The number of nitrogens with zero attached hydrogens (tertiary/aromatic N) is 2. The molecular formula is C24H25N3O4. The van der Waals surface area contributed by atoms with E-state index in [0.29, 0.717) is 11.1 Å². The minimum absolute atomic E-state index is 0.159. The van der Waals surface area contributed by atoms with Crippen molar-refractivity contribution in [3.8, 4) is 11.5 Å². The molecule has 0 atom stereocenters. The third-order valence-corrected chi connectivity index (χ3v) is 4.55. The summed E-state index contributed by atoms with van der Waals surface area (Å²) in [4.78, 5) is 33.4. The van der Waals surface area contributed by atoms with Crippen LogP contribution in [0.3, 0.4) is 0 Å². The van der Waals surface area contributed by atoms with Crippen LogP contribution in [-0.2, 0) is 6.42 Å². The van der Waals surface area contributed by atoms with Gasteiger partial charge in [0.15, 0.2) is 11.5 Å². The normalized spacial score (nSPS) is 10.5. The minimum Gasteiger partial charge on any atom is -0.419 e. The Kier molecular flexibility index (Phi) is 7.45. The number of benzene rings is 1. The van der Waals surface area contributed by atoms with Crippen molar-refractivity contribution >= 4 is 11.9 Å². The highest BCUT2D eigenvalue weighted by Crippen LogP contribution is 2.30. The number of carbonyl (C=O) groups excluding carboxylic acids is 2. The molecule has 160 valence electrons. The molecule has 0 fully saturated rings. The van der Waals surface area contributed by atoms with Crippen LogP contribution in [0.4, 0.5) is 0 Å². The number of likely N-dealkylation sites (N-methyl/N-ethyl adjacent to an activating group) is 1. The lowest BCUT2D eigenvalue weighted by molar-refractivity contribution is 0.0681. The second-order valence-electron chi connectivity index (χ2n) is 7.04. The van der Waals surface area contributed by atoms with E-state index in [1.165, 1.54) is 12.4 Å². The lowest BCUT2D eigenvalue weighted by Gasteiger charge is -2.13. The standard InChI is InChI=1S/C24H25N3O4/c1-4-25-12-11-18-7-10-21(30-23(28)19-8-5-16(2)26-14-19)22(13-18)31-24(29)20-9-6-17(3)27-15-20/h5-10,13-15,25H,4,11-12H2,1-3H3. The van der Waals surface area contributed by atoms with Crippen molar-refractivity contribution in [2.24, 2.45) is 0 Å².